The van der Waals surface area contributed by atoms with Gasteiger partial charge in [0.25, 0.3) is 5.56 Å². The Hall–Kier alpha value is -2.38. The monoisotopic (exact) mass is 265 g/mol. The third-order valence-corrected chi connectivity index (χ3v) is 2.66. The number of hydrogen-bond acceptors (Lipinski definition) is 5. The molecule has 2 aromatic heterocycles. The summed E-state index contributed by atoms with van der Waals surface area (Å²) in [5.74, 6) is -0.700. The summed E-state index contributed by atoms with van der Waals surface area (Å²) in [4.78, 5) is 24.6. The van der Waals surface area contributed by atoms with Gasteiger partial charge in [-0.1, -0.05) is 6.92 Å². The predicted molar refractivity (Wildman–Crippen MR) is 68.6 cm³/mol. The van der Waals surface area contributed by atoms with Gasteiger partial charge in [-0.2, -0.15) is 9.61 Å². The number of carbonyl (C=O) groups is 1. The maximum Gasteiger partial charge on any atom is 0.325 e. The number of carboxylic acid groups (broad SMARTS) is 1. The zero-order valence-electron chi connectivity index (χ0n) is 11.0. The van der Waals surface area contributed by atoms with Crippen LogP contribution in [-0.4, -0.2) is 44.6 Å². The minimum Gasteiger partial charge on any atom is -0.480 e. The van der Waals surface area contributed by atoms with Crippen LogP contribution in [0.4, 0.5) is 5.95 Å². The van der Waals surface area contributed by atoms with Crippen molar-refractivity contribution in [3.05, 3.63) is 22.1 Å². The molecule has 102 valence electrons. The number of carboxylic acids is 1. The van der Waals surface area contributed by atoms with Gasteiger partial charge in [0, 0.05) is 14.1 Å². The normalized spacial score (nSPS) is 10.9. The molecule has 0 atom stereocenters. The van der Waals surface area contributed by atoms with Crippen LogP contribution in [0.3, 0.4) is 0 Å². The fourth-order valence-corrected chi connectivity index (χ4v) is 1.75. The topological polar surface area (TPSA) is 92.7 Å². The van der Waals surface area contributed by atoms with Crippen LogP contribution in [-0.2, 0) is 17.8 Å². The second-order valence-corrected chi connectivity index (χ2v) is 4.34. The number of aryl methyl sites for hydroxylation is 1. The first-order chi connectivity index (χ1) is 8.93. The molecule has 0 fully saturated rings. The molecule has 0 aromatic carbocycles. The van der Waals surface area contributed by atoms with Crippen LogP contribution >= 0.6 is 0 Å². The molecule has 2 rings (SSSR count). The number of aromatic nitrogens is 4. The van der Waals surface area contributed by atoms with Crippen LogP contribution in [0.5, 0.6) is 0 Å². The lowest BCUT2D eigenvalue weighted by atomic mass is 10.3. The van der Waals surface area contributed by atoms with Gasteiger partial charge in [-0.25, -0.2) is 4.68 Å². The van der Waals surface area contributed by atoms with Crippen molar-refractivity contribution in [3.8, 4) is 0 Å². The van der Waals surface area contributed by atoms with E-state index < -0.39 is 18.1 Å². The molecule has 0 unspecified atom stereocenters. The van der Waals surface area contributed by atoms with E-state index in [1.165, 1.54) is 4.52 Å². The second-order valence-electron chi connectivity index (χ2n) is 4.34. The van der Waals surface area contributed by atoms with Crippen LogP contribution < -0.4 is 10.5 Å². The van der Waals surface area contributed by atoms with Gasteiger partial charge in [-0.05, 0) is 12.5 Å². The Morgan fingerprint density at radius 3 is 2.63 bits per heavy atom. The van der Waals surface area contributed by atoms with Crippen molar-refractivity contribution in [3.63, 3.8) is 0 Å². The van der Waals surface area contributed by atoms with E-state index in [1.807, 2.05) is 6.92 Å². The van der Waals surface area contributed by atoms with Gasteiger partial charge in [-0.15, -0.1) is 5.10 Å². The van der Waals surface area contributed by atoms with Crippen LogP contribution in [0.25, 0.3) is 5.52 Å². The van der Waals surface area contributed by atoms with Crippen molar-refractivity contribution in [1.29, 1.82) is 0 Å². The first-order valence-corrected chi connectivity index (χ1v) is 5.83. The van der Waals surface area contributed by atoms with Crippen molar-refractivity contribution >= 4 is 17.4 Å². The second kappa shape index (κ2) is 4.71. The molecule has 0 saturated heterocycles. The van der Waals surface area contributed by atoms with E-state index >= 15 is 0 Å². The lowest BCUT2D eigenvalue weighted by molar-refractivity contribution is -0.137. The Morgan fingerprint density at radius 1 is 1.42 bits per heavy atom. The number of fused-ring (bicyclic) bond motifs is 1. The highest BCUT2D eigenvalue weighted by molar-refractivity contribution is 5.66. The molecule has 1 N–H and O–H groups in total. The molecule has 0 spiro atoms. The minimum atomic E-state index is -1.11. The summed E-state index contributed by atoms with van der Waals surface area (Å²) >= 11 is 0. The molecule has 2 heterocycles. The van der Waals surface area contributed by atoms with Crippen LogP contribution in [0.15, 0.2) is 10.9 Å². The highest BCUT2D eigenvalue weighted by atomic mass is 16.4. The fourth-order valence-electron chi connectivity index (χ4n) is 1.75. The lowest BCUT2D eigenvalue weighted by Crippen LogP contribution is -2.31. The third kappa shape index (κ3) is 2.28. The zero-order chi connectivity index (χ0) is 14.2. The van der Waals surface area contributed by atoms with Crippen LogP contribution in [0.1, 0.15) is 12.6 Å². The molecule has 0 radical (unpaired) electrons. The summed E-state index contributed by atoms with van der Waals surface area (Å²) in [6, 6.07) is 1.66. The number of anilines is 1. The van der Waals surface area contributed by atoms with Crippen LogP contribution in [0.2, 0.25) is 0 Å². The van der Waals surface area contributed by atoms with E-state index in [0.29, 0.717) is 17.9 Å². The fraction of sp³-hybridized carbons (Fsp3) is 0.455. The lowest BCUT2D eigenvalue weighted by Gasteiger charge is -2.14. The molecule has 2 aromatic rings. The highest BCUT2D eigenvalue weighted by Crippen LogP contribution is 2.10. The Bertz CT molecular complexity index is 685. The van der Waals surface area contributed by atoms with Crippen molar-refractivity contribution in [1.82, 2.24) is 19.4 Å². The summed E-state index contributed by atoms with van der Waals surface area (Å²) in [7, 11) is 3.51. The maximum absolute atomic E-state index is 12.1. The summed E-state index contributed by atoms with van der Waals surface area (Å²) < 4.78 is 2.38. The maximum atomic E-state index is 12.1. The summed E-state index contributed by atoms with van der Waals surface area (Å²) in [6.07, 6.45) is 0.687. The molecule has 0 aliphatic carbocycles. The van der Waals surface area contributed by atoms with Gasteiger partial charge in [-0.3, -0.25) is 9.59 Å². The van der Waals surface area contributed by atoms with Crippen molar-refractivity contribution < 1.29 is 9.90 Å². The Kier molecular flexibility index (Phi) is 3.24. The zero-order valence-corrected chi connectivity index (χ0v) is 11.0. The SMILES string of the molecule is CCc1cc2c(=O)n(CC(=O)O)nc(N(C)C)n2n1. The average Bonchev–Trinajstić information content (AvgIpc) is 2.76. The Balaban J connectivity index is 2.76. The van der Waals surface area contributed by atoms with Crippen molar-refractivity contribution in [2.75, 3.05) is 19.0 Å². The molecular formula is C11H15N5O3. The summed E-state index contributed by atoms with van der Waals surface area (Å²) in [5.41, 5.74) is 0.632. The molecule has 0 bridgehead atoms. The standard InChI is InChI=1S/C11H15N5O3/c1-4-7-5-8-10(19)15(6-9(17)18)13-11(14(2)3)16(8)12-7/h5H,4,6H2,1-3H3,(H,17,18). The van der Waals surface area contributed by atoms with Gasteiger partial charge in [0.05, 0.1) is 5.69 Å². The van der Waals surface area contributed by atoms with E-state index in [-0.39, 0.29) is 0 Å². The van der Waals surface area contributed by atoms with Crippen LogP contribution in [0, 0.1) is 0 Å². The van der Waals surface area contributed by atoms with Gasteiger partial charge in [0.1, 0.15) is 12.1 Å². The molecule has 19 heavy (non-hydrogen) atoms. The van der Waals surface area contributed by atoms with E-state index in [9.17, 15) is 9.59 Å². The molecular weight excluding hydrogens is 250 g/mol. The first kappa shape index (κ1) is 13.1. The number of nitrogens with zero attached hydrogens (tertiary/aromatic N) is 5. The first-order valence-electron chi connectivity index (χ1n) is 5.83. The summed E-state index contributed by atoms with van der Waals surface area (Å²) in [6.45, 7) is 1.46. The molecule has 8 nitrogen and oxygen atoms in total. The highest BCUT2D eigenvalue weighted by Gasteiger charge is 2.15. The largest absolute Gasteiger partial charge is 0.480 e. The van der Waals surface area contributed by atoms with Gasteiger partial charge in [0.2, 0.25) is 5.95 Å². The van der Waals surface area contributed by atoms with E-state index in [4.69, 9.17) is 5.11 Å². The molecule has 0 aliphatic heterocycles. The van der Waals surface area contributed by atoms with E-state index in [1.54, 1.807) is 25.1 Å². The predicted octanol–water partition coefficient (Wildman–Crippen LogP) is -0.396. The summed E-state index contributed by atoms with van der Waals surface area (Å²) in [5, 5.41) is 17.1. The third-order valence-electron chi connectivity index (χ3n) is 2.66. The van der Waals surface area contributed by atoms with E-state index in [2.05, 4.69) is 10.2 Å². The minimum absolute atomic E-state index is 0.330. The van der Waals surface area contributed by atoms with Gasteiger partial charge >= 0.3 is 5.97 Å². The van der Waals surface area contributed by atoms with Gasteiger partial charge < -0.3 is 10.0 Å². The van der Waals surface area contributed by atoms with Gasteiger partial charge in [0.15, 0.2) is 0 Å². The quantitative estimate of drug-likeness (QED) is 0.809. The number of rotatable bonds is 4. The average molecular weight is 265 g/mol. The smallest absolute Gasteiger partial charge is 0.325 e. The van der Waals surface area contributed by atoms with Crippen molar-refractivity contribution in [2.45, 2.75) is 19.9 Å². The molecule has 8 heteroatoms. The number of aliphatic carboxylic acids is 1. The molecule has 0 saturated carbocycles. The van der Waals surface area contributed by atoms with Crippen molar-refractivity contribution in [2.24, 2.45) is 0 Å². The molecule has 0 aliphatic rings. The Labute approximate surface area is 108 Å². The Morgan fingerprint density at radius 2 is 2.11 bits per heavy atom. The molecule has 0 amide bonds. The van der Waals surface area contributed by atoms with E-state index in [0.717, 1.165) is 10.4 Å². The number of hydrogen-bond donors (Lipinski definition) is 1.